The number of hydrogen-bond acceptors (Lipinski definition) is 9. The smallest absolute Gasteiger partial charge is 0.294 e. The first-order valence-corrected chi connectivity index (χ1v) is 23.5. The highest BCUT2D eigenvalue weighted by Gasteiger charge is 2.31. The van der Waals surface area contributed by atoms with E-state index in [0.717, 1.165) is 28.7 Å². The molecular formula is C53H48ClF3N10O7. The van der Waals surface area contributed by atoms with Crippen LogP contribution in [0.3, 0.4) is 0 Å². The Morgan fingerprint density at radius 3 is 1.77 bits per heavy atom. The monoisotopic (exact) mass is 1030 g/mol. The number of imidazole rings is 2. The van der Waals surface area contributed by atoms with Crippen molar-refractivity contribution in [2.24, 2.45) is 7.05 Å². The van der Waals surface area contributed by atoms with Crippen molar-refractivity contribution < 1.29 is 46.7 Å². The number of aryl methyl sites for hydroxylation is 2. The summed E-state index contributed by atoms with van der Waals surface area (Å²) >= 11 is 6.46. The van der Waals surface area contributed by atoms with Gasteiger partial charge in [0.25, 0.3) is 35.2 Å². The number of aromatic nitrogens is 6. The highest BCUT2D eigenvalue weighted by atomic mass is 35.5. The molecule has 0 atom stereocenters. The van der Waals surface area contributed by atoms with Crippen molar-refractivity contribution in [1.82, 2.24) is 48.3 Å². The van der Waals surface area contributed by atoms with E-state index in [4.69, 9.17) is 16.3 Å². The van der Waals surface area contributed by atoms with Gasteiger partial charge in [0.1, 0.15) is 34.8 Å². The number of Topliss-reactive ketones (excluding diaryl/α,β-unsaturated/α-hetero) is 2. The number of amides is 4. The van der Waals surface area contributed by atoms with Crippen LogP contribution in [0.1, 0.15) is 58.4 Å². The average Bonchev–Trinajstić information content (AvgIpc) is 4.18. The predicted molar refractivity (Wildman–Crippen MR) is 268 cm³/mol. The molecule has 0 fully saturated rings. The SMILES string of the molecule is COc1cc2c(cc1C(=O)N1CCn3c(cnc3-c3ccc(F)cc3F)C1)c(C(=O)C(=O)N(C)C)cn2C.Cc1cc(F)ccc1-c1ncc2n1CCN(C(=O)c1cc3c(C(=O)C(=O)N(C)C)c[nH]c3cc1Cl)C2. The molecule has 2 aliphatic heterocycles. The molecule has 21 heteroatoms. The molecule has 4 aromatic heterocycles. The van der Waals surface area contributed by atoms with Gasteiger partial charge in [-0.3, -0.25) is 28.8 Å². The largest absolute Gasteiger partial charge is 0.496 e. The number of nitrogens with one attached hydrogen (secondary N) is 1. The van der Waals surface area contributed by atoms with Crippen LogP contribution in [0.4, 0.5) is 13.2 Å². The number of hydrogen-bond donors (Lipinski definition) is 1. The van der Waals surface area contributed by atoms with Crippen LogP contribution < -0.4 is 4.74 Å². The van der Waals surface area contributed by atoms with Gasteiger partial charge in [-0.1, -0.05) is 11.6 Å². The van der Waals surface area contributed by atoms with Gasteiger partial charge in [-0.05, 0) is 61.0 Å². The number of carbonyl (C=O) groups excluding carboxylic acids is 6. The van der Waals surface area contributed by atoms with Crippen LogP contribution in [0, 0.1) is 24.4 Å². The third kappa shape index (κ3) is 9.16. The predicted octanol–water partition coefficient (Wildman–Crippen LogP) is 7.31. The molecule has 74 heavy (non-hydrogen) atoms. The Kier molecular flexibility index (Phi) is 13.5. The van der Waals surface area contributed by atoms with Gasteiger partial charge in [-0.15, -0.1) is 0 Å². The van der Waals surface area contributed by atoms with Crippen molar-refractivity contribution in [2.75, 3.05) is 48.4 Å². The first-order valence-electron chi connectivity index (χ1n) is 23.1. The highest BCUT2D eigenvalue weighted by molar-refractivity contribution is 6.45. The van der Waals surface area contributed by atoms with E-state index in [1.54, 1.807) is 74.9 Å². The molecule has 17 nitrogen and oxygen atoms in total. The summed E-state index contributed by atoms with van der Waals surface area (Å²) in [7, 11) is 9.21. The zero-order chi connectivity index (χ0) is 53.0. The minimum Gasteiger partial charge on any atom is -0.496 e. The lowest BCUT2D eigenvalue weighted by Crippen LogP contribution is -2.38. The summed E-state index contributed by atoms with van der Waals surface area (Å²) in [6.07, 6.45) is 6.31. The summed E-state index contributed by atoms with van der Waals surface area (Å²) in [5.74, 6) is -3.54. The molecule has 8 aromatic rings. The van der Waals surface area contributed by atoms with Crippen molar-refractivity contribution in [3.8, 4) is 28.5 Å². The maximum atomic E-state index is 14.4. The third-order valence-corrected chi connectivity index (χ3v) is 13.5. The fraction of sp³-hybridized carbons (Fsp3) is 0.245. The number of rotatable bonds is 9. The standard InChI is InChI=1S/C27H25F2N5O4.C26H23ClFN5O3/c1-31(2)27(37)24(35)20-14-32(3)22-11-23(38-4)19(10-18(20)22)26(36)33-7-8-34-16(13-33)12-30-25(34)17-6-5-15(28)9-21(17)29;1-14-8-15(28)4-5-17(14)24-30-11-16-13-32(6-7-33(16)24)25(35)19-9-18-20(23(34)26(36)31(2)3)12-29-22(18)10-21(19)27/h5-6,9-12,14H,7-8,13H2,1-4H3;4-5,8-12,29H,6-7,13H2,1-3H3. The molecule has 0 bridgehead atoms. The van der Waals surface area contributed by atoms with Gasteiger partial charge in [-0.2, -0.15) is 0 Å². The van der Waals surface area contributed by atoms with E-state index in [9.17, 15) is 41.9 Å². The fourth-order valence-corrected chi connectivity index (χ4v) is 9.53. The van der Waals surface area contributed by atoms with Crippen molar-refractivity contribution in [2.45, 2.75) is 33.1 Å². The molecule has 6 heterocycles. The van der Waals surface area contributed by atoms with E-state index in [0.29, 0.717) is 71.8 Å². The summed E-state index contributed by atoms with van der Waals surface area (Å²) in [6.45, 7) is 3.94. The molecule has 0 spiro atoms. The topological polar surface area (TPSA) is 181 Å². The van der Waals surface area contributed by atoms with E-state index < -0.39 is 35.0 Å². The lowest BCUT2D eigenvalue weighted by Gasteiger charge is -2.29. The first-order chi connectivity index (χ1) is 35.3. The molecule has 0 aliphatic carbocycles. The minimum atomic E-state index is -0.712. The quantitative estimate of drug-likeness (QED) is 0.115. The van der Waals surface area contributed by atoms with Crippen LogP contribution in [0.5, 0.6) is 5.75 Å². The Labute approximate surface area is 426 Å². The number of methoxy groups -OCH3 is 1. The molecular weight excluding hydrogens is 981 g/mol. The minimum absolute atomic E-state index is 0.179. The Morgan fingerprint density at radius 2 is 1.20 bits per heavy atom. The summed E-state index contributed by atoms with van der Waals surface area (Å²) in [4.78, 5) is 94.8. The number of H-pyrrole nitrogens is 1. The van der Waals surface area contributed by atoms with E-state index in [1.807, 2.05) is 11.5 Å². The van der Waals surface area contributed by atoms with Gasteiger partial charge in [0.05, 0.1) is 82.3 Å². The number of likely N-dealkylation sites (N-methyl/N-ethyl adjacent to an activating group) is 2. The molecule has 0 saturated heterocycles. The van der Waals surface area contributed by atoms with Crippen LogP contribution in [-0.2, 0) is 42.8 Å². The van der Waals surface area contributed by atoms with E-state index in [-0.39, 0.29) is 57.0 Å². The third-order valence-electron chi connectivity index (χ3n) is 13.2. The number of nitrogens with zero attached hydrogens (tertiary/aromatic N) is 9. The number of aromatic amines is 1. The second-order valence-corrected chi connectivity index (χ2v) is 18.8. The number of carbonyl (C=O) groups is 6. The lowest BCUT2D eigenvalue weighted by atomic mass is 10.0. The van der Waals surface area contributed by atoms with E-state index in [1.165, 1.54) is 75.6 Å². The molecule has 4 amide bonds. The fourth-order valence-electron chi connectivity index (χ4n) is 9.29. The van der Waals surface area contributed by atoms with Crippen molar-refractivity contribution in [1.29, 1.82) is 0 Å². The molecule has 0 unspecified atom stereocenters. The molecule has 380 valence electrons. The van der Waals surface area contributed by atoms with Gasteiger partial charge in [-0.25, -0.2) is 23.1 Å². The Bertz CT molecular complexity index is 3650. The molecule has 10 rings (SSSR count). The van der Waals surface area contributed by atoms with E-state index >= 15 is 0 Å². The summed E-state index contributed by atoms with van der Waals surface area (Å²) in [5, 5.41) is 1.17. The van der Waals surface area contributed by atoms with Crippen LogP contribution in [-0.4, -0.2) is 132 Å². The number of halogens is 4. The summed E-state index contributed by atoms with van der Waals surface area (Å²) in [6, 6.07) is 14.3. The maximum absolute atomic E-state index is 14.4. The second kappa shape index (κ2) is 19.8. The Balaban J connectivity index is 0.000000182. The van der Waals surface area contributed by atoms with Crippen molar-refractivity contribution in [3.05, 3.63) is 147 Å². The van der Waals surface area contributed by atoms with Crippen LogP contribution in [0.2, 0.25) is 5.02 Å². The molecule has 1 N–H and O–H groups in total. The summed E-state index contributed by atoms with van der Waals surface area (Å²) in [5.41, 5.74) is 5.41. The zero-order valence-corrected chi connectivity index (χ0v) is 42.0. The molecule has 0 saturated carbocycles. The highest BCUT2D eigenvalue weighted by Crippen LogP contribution is 2.34. The second-order valence-electron chi connectivity index (χ2n) is 18.3. The van der Waals surface area contributed by atoms with E-state index in [2.05, 4.69) is 15.0 Å². The Hall–Kier alpha value is -8.52. The first kappa shape index (κ1) is 50.4. The normalized spacial score (nSPS) is 13.0. The lowest BCUT2D eigenvalue weighted by molar-refractivity contribution is -0.124. The van der Waals surface area contributed by atoms with Gasteiger partial charge < -0.3 is 43.0 Å². The average molecular weight is 1030 g/mol. The molecule has 4 aromatic carbocycles. The maximum Gasteiger partial charge on any atom is 0.294 e. The van der Waals surface area contributed by atoms with Gasteiger partial charge >= 0.3 is 0 Å². The number of ketones is 2. The van der Waals surface area contributed by atoms with Gasteiger partial charge in [0.15, 0.2) is 0 Å². The number of ether oxygens (including phenoxy) is 1. The zero-order valence-electron chi connectivity index (χ0n) is 41.2. The molecule has 2 aliphatic rings. The summed E-state index contributed by atoms with van der Waals surface area (Å²) < 4.78 is 52.4. The van der Waals surface area contributed by atoms with Crippen molar-refractivity contribution in [3.63, 3.8) is 0 Å². The number of benzene rings is 4. The van der Waals surface area contributed by atoms with Crippen LogP contribution in [0.25, 0.3) is 44.6 Å². The van der Waals surface area contributed by atoms with Crippen LogP contribution in [0.15, 0.2) is 85.5 Å². The number of fused-ring (bicyclic) bond motifs is 4. The van der Waals surface area contributed by atoms with Gasteiger partial charge in [0, 0.05) is 108 Å². The molecule has 0 radical (unpaired) electrons. The van der Waals surface area contributed by atoms with Gasteiger partial charge in [0.2, 0.25) is 0 Å². The van der Waals surface area contributed by atoms with Crippen LogP contribution >= 0.6 is 11.6 Å². The van der Waals surface area contributed by atoms with Crippen molar-refractivity contribution >= 4 is 68.6 Å². The Morgan fingerprint density at radius 1 is 0.662 bits per heavy atom.